The van der Waals surface area contributed by atoms with Crippen molar-refractivity contribution in [2.45, 2.75) is 13.5 Å². The van der Waals surface area contributed by atoms with E-state index in [1.54, 1.807) is 67.6 Å². The highest BCUT2D eigenvalue weighted by Gasteiger charge is 2.10. The van der Waals surface area contributed by atoms with Crippen molar-refractivity contribution in [3.8, 4) is 11.3 Å². The van der Waals surface area contributed by atoms with Crippen molar-refractivity contribution in [2.24, 2.45) is 0 Å². The van der Waals surface area contributed by atoms with Crippen molar-refractivity contribution < 1.29 is 28.3 Å². The minimum absolute atomic E-state index is 0.0879. The molecule has 0 N–H and O–H groups in total. The van der Waals surface area contributed by atoms with Gasteiger partial charge in [0.15, 0.2) is 12.0 Å². The Bertz CT molecular complexity index is 967. The molecule has 6 nitrogen and oxygen atoms in total. The van der Waals surface area contributed by atoms with E-state index in [9.17, 15) is 14.4 Å². The number of hydrogen-bond acceptors (Lipinski definition) is 6. The summed E-state index contributed by atoms with van der Waals surface area (Å²) in [5, 5.41) is 0. The van der Waals surface area contributed by atoms with E-state index in [1.165, 1.54) is 0 Å². The minimum Gasteiger partial charge on any atom is -0.462 e. The summed E-state index contributed by atoms with van der Waals surface area (Å²) in [7, 11) is 0. The van der Waals surface area contributed by atoms with Crippen molar-refractivity contribution in [1.82, 2.24) is 0 Å². The molecule has 0 unspecified atom stereocenters. The first-order valence-corrected chi connectivity index (χ1v) is 8.69. The third-order valence-electron chi connectivity index (χ3n) is 3.98. The predicted octanol–water partition coefficient (Wildman–Crippen LogP) is 4.29. The Morgan fingerprint density at radius 2 is 1.46 bits per heavy atom. The molecule has 0 fully saturated rings. The molecule has 0 aliphatic carbocycles. The quantitative estimate of drug-likeness (QED) is 0.450. The fourth-order valence-corrected chi connectivity index (χ4v) is 2.53. The first-order valence-electron chi connectivity index (χ1n) is 8.69. The van der Waals surface area contributed by atoms with E-state index in [0.717, 1.165) is 11.1 Å². The Morgan fingerprint density at radius 1 is 0.857 bits per heavy atom. The zero-order valence-electron chi connectivity index (χ0n) is 15.2. The molecule has 0 atom stereocenters. The van der Waals surface area contributed by atoms with Gasteiger partial charge in [0.05, 0.1) is 17.7 Å². The van der Waals surface area contributed by atoms with Gasteiger partial charge in [-0.05, 0) is 48.9 Å². The molecule has 142 valence electrons. The molecule has 28 heavy (non-hydrogen) atoms. The standard InChI is InChI=1S/C22H18O6/c1-2-26-21(24)17-5-3-15(4-6-17)14-27-22(25)18-9-7-16(8-10-18)20-12-11-19(13-23)28-20/h3-13H,2,14H2,1H3. The number of hydrogen-bond donors (Lipinski definition) is 0. The Balaban J connectivity index is 1.58. The molecule has 0 bridgehead atoms. The first-order chi connectivity index (χ1) is 13.6. The van der Waals surface area contributed by atoms with Crippen LogP contribution >= 0.6 is 0 Å². The van der Waals surface area contributed by atoms with Gasteiger partial charge in [-0.1, -0.05) is 24.3 Å². The summed E-state index contributed by atoms with van der Waals surface area (Å²) in [4.78, 5) is 34.5. The molecule has 0 radical (unpaired) electrons. The number of carbonyl (C=O) groups excluding carboxylic acids is 3. The fraction of sp³-hybridized carbons (Fsp3) is 0.136. The molecule has 0 aliphatic heterocycles. The molecule has 0 amide bonds. The van der Waals surface area contributed by atoms with Crippen molar-refractivity contribution >= 4 is 18.2 Å². The van der Waals surface area contributed by atoms with Crippen LogP contribution in [0.25, 0.3) is 11.3 Å². The van der Waals surface area contributed by atoms with Crippen LogP contribution in [0.15, 0.2) is 65.1 Å². The number of benzene rings is 2. The van der Waals surface area contributed by atoms with Crippen LogP contribution in [0.4, 0.5) is 0 Å². The van der Waals surface area contributed by atoms with Crippen LogP contribution in [-0.4, -0.2) is 24.8 Å². The molecule has 3 rings (SSSR count). The summed E-state index contributed by atoms with van der Waals surface area (Å²) >= 11 is 0. The second kappa shape index (κ2) is 8.81. The Labute approximate surface area is 161 Å². The normalized spacial score (nSPS) is 10.3. The molecular weight excluding hydrogens is 360 g/mol. The summed E-state index contributed by atoms with van der Waals surface area (Å²) in [5.41, 5.74) is 2.35. The molecule has 0 saturated heterocycles. The summed E-state index contributed by atoms with van der Waals surface area (Å²) in [6.45, 7) is 2.15. The lowest BCUT2D eigenvalue weighted by Gasteiger charge is -2.07. The van der Waals surface area contributed by atoms with Crippen LogP contribution in [0, 0.1) is 0 Å². The van der Waals surface area contributed by atoms with Gasteiger partial charge < -0.3 is 13.9 Å². The summed E-state index contributed by atoms with van der Waals surface area (Å²) in [6, 6.07) is 16.7. The lowest BCUT2D eigenvalue weighted by Crippen LogP contribution is -2.06. The van der Waals surface area contributed by atoms with Crippen molar-refractivity contribution in [1.29, 1.82) is 0 Å². The van der Waals surface area contributed by atoms with Gasteiger partial charge in [-0.2, -0.15) is 0 Å². The van der Waals surface area contributed by atoms with Gasteiger partial charge in [0, 0.05) is 5.56 Å². The monoisotopic (exact) mass is 378 g/mol. The number of furan rings is 1. The van der Waals surface area contributed by atoms with Gasteiger partial charge in [-0.15, -0.1) is 0 Å². The smallest absolute Gasteiger partial charge is 0.338 e. The third-order valence-corrected chi connectivity index (χ3v) is 3.98. The number of esters is 2. The second-order valence-electron chi connectivity index (χ2n) is 5.89. The van der Waals surface area contributed by atoms with E-state index in [1.807, 2.05) is 0 Å². The topological polar surface area (TPSA) is 82.8 Å². The number of carbonyl (C=O) groups is 3. The number of ether oxygens (including phenoxy) is 2. The molecule has 2 aromatic carbocycles. The molecule has 1 heterocycles. The Hall–Kier alpha value is -3.67. The summed E-state index contributed by atoms with van der Waals surface area (Å²) in [5.74, 6) is -0.0619. The van der Waals surface area contributed by atoms with E-state index in [-0.39, 0.29) is 18.3 Å². The lowest BCUT2D eigenvalue weighted by atomic mass is 10.1. The average Bonchev–Trinajstić information content (AvgIpc) is 3.22. The van der Waals surface area contributed by atoms with Gasteiger partial charge in [0.2, 0.25) is 0 Å². The third kappa shape index (κ3) is 4.54. The van der Waals surface area contributed by atoms with Crippen LogP contribution in [0.1, 0.15) is 43.8 Å². The summed E-state index contributed by atoms with van der Waals surface area (Å²) < 4.78 is 15.6. The SMILES string of the molecule is CCOC(=O)c1ccc(COC(=O)c2ccc(-c3ccc(C=O)o3)cc2)cc1. The van der Waals surface area contributed by atoms with Gasteiger partial charge in [-0.25, -0.2) is 9.59 Å². The zero-order valence-corrected chi connectivity index (χ0v) is 15.2. The zero-order chi connectivity index (χ0) is 19.9. The van der Waals surface area contributed by atoms with Crippen LogP contribution < -0.4 is 0 Å². The van der Waals surface area contributed by atoms with Gasteiger partial charge in [0.25, 0.3) is 0 Å². The maximum atomic E-state index is 12.2. The highest BCUT2D eigenvalue weighted by Crippen LogP contribution is 2.22. The van der Waals surface area contributed by atoms with Crippen LogP contribution in [-0.2, 0) is 16.1 Å². The second-order valence-corrected chi connectivity index (χ2v) is 5.89. The van der Waals surface area contributed by atoms with Crippen LogP contribution in [0.3, 0.4) is 0 Å². The van der Waals surface area contributed by atoms with E-state index >= 15 is 0 Å². The van der Waals surface area contributed by atoms with Gasteiger partial charge in [-0.3, -0.25) is 4.79 Å². The average molecular weight is 378 g/mol. The largest absolute Gasteiger partial charge is 0.462 e. The minimum atomic E-state index is -0.464. The number of rotatable bonds is 7. The molecule has 0 spiro atoms. The maximum absolute atomic E-state index is 12.2. The molecular formula is C22H18O6. The highest BCUT2D eigenvalue weighted by atomic mass is 16.5. The van der Waals surface area contributed by atoms with Crippen molar-refractivity contribution in [3.63, 3.8) is 0 Å². The fourth-order valence-electron chi connectivity index (χ4n) is 2.53. The van der Waals surface area contributed by atoms with E-state index in [0.29, 0.717) is 29.8 Å². The predicted molar refractivity (Wildman–Crippen MR) is 101 cm³/mol. The van der Waals surface area contributed by atoms with E-state index in [2.05, 4.69) is 0 Å². The Kier molecular flexibility index (Phi) is 6.01. The molecule has 1 aromatic heterocycles. The molecule has 0 aliphatic rings. The molecule has 3 aromatic rings. The maximum Gasteiger partial charge on any atom is 0.338 e. The molecule has 0 saturated carbocycles. The highest BCUT2D eigenvalue weighted by molar-refractivity contribution is 5.90. The number of aldehydes is 1. The first kappa shape index (κ1) is 19.1. The molecule has 6 heteroatoms. The van der Waals surface area contributed by atoms with E-state index in [4.69, 9.17) is 13.9 Å². The van der Waals surface area contributed by atoms with Crippen molar-refractivity contribution in [2.75, 3.05) is 6.61 Å². The van der Waals surface area contributed by atoms with E-state index < -0.39 is 5.97 Å². The lowest BCUT2D eigenvalue weighted by molar-refractivity contribution is 0.0469. The van der Waals surface area contributed by atoms with Crippen molar-refractivity contribution in [3.05, 3.63) is 83.1 Å². The summed E-state index contributed by atoms with van der Waals surface area (Å²) in [6.07, 6.45) is 0.633. The van der Waals surface area contributed by atoms with Crippen LogP contribution in [0.2, 0.25) is 0 Å². The van der Waals surface area contributed by atoms with Gasteiger partial charge >= 0.3 is 11.9 Å². The van der Waals surface area contributed by atoms with Gasteiger partial charge in [0.1, 0.15) is 12.4 Å². The van der Waals surface area contributed by atoms with Crippen LogP contribution in [0.5, 0.6) is 0 Å². The Morgan fingerprint density at radius 3 is 2.04 bits per heavy atom.